The Morgan fingerprint density at radius 2 is 1.80 bits per heavy atom. The van der Waals surface area contributed by atoms with E-state index >= 15 is 0 Å². The molecule has 2 amide bonds. The highest BCUT2D eigenvalue weighted by atomic mass is 19.1. The van der Waals surface area contributed by atoms with Gasteiger partial charge in [-0.25, -0.2) is 9.37 Å². The lowest BCUT2D eigenvalue weighted by atomic mass is 10.0. The lowest BCUT2D eigenvalue weighted by Gasteiger charge is -2.10. The van der Waals surface area contributed by atoms with E-state index in [2.05, 4.69) is 20.8 Å². The molecule has 0 aliphatic rings. The Kier molecular flexibility index (Phi) is 4.97. The van der Waals surface area contributed by atoms with Crippen LogP contribution in [0.2, 0.25) is 0 Å². The Morgan fingerprint density at radius 1 is 1.03 bits per heavy atom. The molecule has 0 unspecified atom stereocenters. The first kappa shape index (κ1) is 19.3. The van der Waals surface area contributed by atoms with Crippen LogP contribution in [-0.4, -0.2) is 22.0 Å². The van der Waals surface area contributed by atoms with Crippen molar-refractivity contribution in [1.29, 1.82) is 0 Å². The fourth-order valence-corrected chi connectivity index (χ4v) is 3.12. The lowest BCUT2D eigenvalue weighted by Crippen LogP contribution is -2.14. The number of aromatic nitrogens is 2. The monoisotopic (exact) mass is 404 g/mol. The number of rotatable bonds is 4. The summed E-state index contributed by atoms with van der Waals surface area (Å²) < 4.78 is 19.2. The number of hydrogen-bond donors (Lipinski definition) is 2. The van der Waals surface area contributed by atoms with Gasteiger partial charge in [-0.05, 0) is 31.2 Å². The SMILES string of the molecule is CC(=O)Nc1cc(NC(=O)c2cc(-c3ccccc3)nc3onc(C)c23)ccc1F. The number of halogens is 1. The van der Waals surface area contributed by atoms with Crippen LogP contribution in [0.25, 0.3) is 22.4 Å². The van der Waals surface area contributed by atoms with Gasteiger partial charge in [-0.3, -0.25) is 9.59 Å². The zero-order valence-electron chi connectivity index (χ0n) is 16.2. The van der Waals surface area contributed by atoms with E-state index in [9.17, 15) is 14.0 Å². The van der Waals surface area contributed by atoms with E-state index in [1.54, 1.807) is 13.0 Å². The molecule has 0 radical (unpaired) electrons. The molecule has 0 bridgehead atoms. The van der Waals surface area contributed by atoms with E-state index in [1.165, 1.54) is 25.1 Å². The smallest absolute Gasteiger partial charge is 0.259 e. The highest BCUT2D eigenvalue weighted by Gasteiger charge is 2.20. The molecule has 0 aliphatic carbocycles. The van der Waals surface area contributed by atoms with Gasteiger partial charge in [-0.1, -0.05) is 35.5 Å². The molecule has 2 heterocycles. The summed E-state index contributed by atoms with van der Waals surface area (Å²) in [4.78, 5) is 28.8. The van der Waals surface area contributed by atoms with E-state index in [0.29, 0.717) is 28.0 Å². The van der Waals surface area contributed by atoms with Crippen molar-refractivity contribution in [2.45, 2.75) is 13.8 Å². The van der Waals surface area contributed by atoms with Gasteiger partial charge in [0.1, 0.15) is 5.82 Å². The van der Waals surface area contributed by atoms with Crippen LogP contribution in [0.1, 0.15) is 23.0 Å². The molecule has 2 aromatic carbocycles. The highest BCUT2D eigenvalue weighted by molar-refractivity contribution is 6.13. The molecule has 0 atom stereocenters. The van der Waals surface area contributed by atoms with Crippen molar-refractivity contribution in [2.24, 2.45) is 0 Å². The molecule has 0 spiro atoms. The van der Waals surface area contributed by atoms with E-state index < -0.39 is 17.6 Å². The molecule has 2 N–H and O–H groups in total. The number of nitrogens with zero attached hydrogens (tertiary/aromatic N) is 2. The Labute approximate surface area is 170 Å². The molecule has 4 aromatic rings. The van der Waals surface area contributed by atoms with Crippen molar-refractivity contribution in [1.82, 2.24) is 10.1 Å². The van der Waals surface area contributed by atoms with Crippen LogP contribution in [0, 0.1) is 12.7 Å². The average molecular weight is 404 g/mol. The topological polar surface area (TPSA) is 97.1 Å². The van der Waals surface area contributed by atoms with E-state index in [4.69, 9.17) is 4.52 Å². The minimum atomic E-state index is -0.601. The predicted molar refractivity (Wildman–Crippen MR) is 111 cm³/mol. The van der Waals surface area contributed by atoms with Gasteiger partial charge in [-0.15, -0.1) is 0 Å². The van der Waals surface area contributed by atoms with Crippen LogP contribution in [0.4, 0.5) is 15.8 Å². The number of anilines is 2. The molecule has 0 saturated carbocycles. The predicted octanol–water partition coefficient (Wildman–Crippen LogP) is 4.55. The molecule has 7 nitrogen and oxygen atoms in total. The Hall–Kier alpha value is -4.07. The maximum atomic E-state index is 13.9. The molecule has 30 heavy (non-hydrogen) atoms. The average Bonchev–Trinajstić information content (AvgIpc) is 3.11. The number of aryl methyl sites for hydroxylation is 1. The molecular weight excluding hydrogens is 387 g/mol. The van der Waals surface area contributed by atoms with Gasteiger partial charge in [-0.2, -0.15) is 0 Å². The van der Waals surface area contributed by atoms with Crippen LogP contribution < -0.4 is 10.6 Å². The number of fused-ring (bicyclic) bond motifs is 1. The Balaban J connectivity index is 1.74. The lowest BCUT2D eigenvalue weighted by molar-refractivity contribution is -0.114. The molecule has 4 rings (SSSR count). The Morgan fingerprint density at radius 3 is 2.53 bits per heavy atom. The largest absolute Gasteiger partial charge is 0.335 e. The number of nitrogens with one attached hydrogen (secondary N) is 2. The van der Waals surface area contributed by atoms with Gasteiger partial charge in [0, 0.05) is 18.2 Å². The first-order chi connectivity index (χ1) is 14.4. The van der Waals surface area contributed by atoms with Gasteiger partial charge >= 0.3 is 0 Å². The molecule has 150 valence electrons. The van der Waals surface area contributed by atoms with Crippen molar-refractivity contribution in [3.05, 3.63) is 71.7 Å². The number of carbonyl (C=O) groups is 2. The summed E-state index contributed by atoms with van der Waals surface area (Å²) in [5.41, 5.74) is 2.77. The van der Waals surface area contributed by atoms with Gasteiger partial charge in [0.2, 0.25) is 5.91 Å². The molecular formula is C22H17FN4O3. The van der Waals surface area contributed by atoms with Crippen molar-refractivity contribution < 1.29 is 18.5 Å². The third kappa shape index (κ3) is 3.75. The summed E-state index contributed by atoms with van der Waals surface area (Å²) in [7, 11) is 0. The van der Waals surface area contributed by atoms with E-state index in [0.717, 1.165) is 5.56 Å². The zero-order valence-corrected chi connectivity index (χ0v) is 16.2. The first-order valence-corrected chi connectivity index (χ1v) is 9.13. The fraction of sp³-hybridized carbons (Fsp3) is 0.0909. The van der Waals surface area contributed by atoms with E-state index in [1.807, 2.05) is 30.3 Å². The molecule has 2 aromatic heterocycles. The standard InChI is InChI=1S/C22H17FN4O3/c1-12-20-16(11-18(26-22(20)30-27-12)14-6-4-3-5-7-14)21(29)25-15-8-9-17(23)19(10-15)24-13(2)28/h3-11H,1-2H3,(H,24,28)(H,25,29). The maximum Gasteiger partial charge on any atom is 0.259 e. The molecule has 8 heteroatoms. The quantitative estimate of drug-likeness (QED) is 0.520. The third-order valence-electron chi connectivity index (χ3n) is 4.47. The Bertz CT molecular complexity index is 1270. The number of hydrogen-bond acceptors (Lipinski definition) is 5. The zero-order chi connectivity index (χ0) is 21.3. The second-order valence-corrected chi connectivity index (χ2v) is 6.70. The minimum absolute atomic E-state index is 0.0219. The highest BCUT2D eigenvalue weighted by Crippen LogP contribution is 2.28. The summed E-state index contributed by atoms with van der Waals surface area (Å²) in [5, 5.41) is 9.55. The van der Waals surface area contributed by atoms with Crippen molar-refractivity contribution in [3.63, 3.8) is 0 Å². The summed E-state index contributed by atoms with van der Waals surface area (Å²) in [6, 6.07) is 15.0. The third-order valence-corrected chi connectivity index (χ3v) is 4.47. The molecule has 0 fully saturated rings. The minimum Gasteiger partial charge on any atom is -0.335 e. The first-order valence-electron chi connectivity index (χ1n) is 9.13. The van der Waals surface area contributed by atoms with Crippen molar-refractivity contribution in [2.75, 3.05) is 10.6 Å². The van der Waals surface area contributed by atoms with Crippen LogP contribution in [0.5, 0.6) is 0 Å². The van der Waals surface area contributed by atoms with E-state index in [-0.39, 0.29) is 11.4 Å². The number of benzene rings is 2. The van der Waals surface area contributed by atoms with Crippen LogP contribution in [-0.2, 0) is 4.79 Å². The van der Waals surface area contributed by atoms with Gasteiger partial charge in [0.05, 0.1) is 28.0 Å². The maximum absolute atomic E-state index is 13.9. The molecule has 0 saturated heterocycles. The number of pyridine rings is 1. The van der Waals surface area contributed by atoms with Gasteiger partial charge in [0.15, 0.2) is 0 Å². The fourth-order valence-electron chi connectivity index (χ4n) is 3.12. The second-order valence-electron chi connectivity index (χ2n) is 6.70. The van der Waals surface area contributed by atoms with Crippen LogP contribution >= 0.6 is 0 Å². The second kappa shape index (κ2) is 7.75. The number of carbonyl (C=O) groups excluding carboxylic acids is 2. The summed E-state index contributed by atoms with van der Waals surface area (Å²) in [6.07, 6.45) is 0. The normalized spacial score (nSPS) is 10.8. The van der Waals surface area contributed by atoms with Crippen LogP contribution in [0.3, 0.4) is 0 Å². The van der Waals surface area contributed by atoms with Crippen molar-refractivity contribution in [3.8, 4) is 11.3 Å². The van der Waals surface area contributed by atoms with Crippen molar-refractivity contribution >= 4 is 34.3 Å². The number of amides is 2. The van der Waals surface area contributed by atoms with Crippen LogP contribution in [0.15, 0.2) is 59.1 Å². The summed E-state index contributed by atoms with van der Waals surface area (Å²) in [6.45, 7) is 3.00. The summed E-state index contributed by atoms with van der Waals surface area (Å²) >= 11 is 0. The molecule has 0 aliphatic heterocycles. The summed E-state index contributed by atoms with van der Waals surface area (Å²) in [5.74, 6) is -1.46. The van der Waals surface area contributed by atoms with Gasteiger partial charge in [0.25, 0.3) is 11.6 Å². The van der Waals surface area contributed by atoms with Gasteiger partial charge < -0.3 is 15.2 Å².